The number of fused-ring (bicyclic) bond motifs is 1. The minimum atomic E-state index is -0.0586. The number of thiophene rings is 1. The van der Waals surface area contributed by atoms with Crippen molar-refractivity contribution in [1.29, 1.82) is 0 Å². The number of hydrogen-bond acceptors (Lipinski definition) is 5. The molecule has 0 atom stereocenters. The molecule has 0 saturated carbocycles. The fourth-order valence-corrected chi connectivity index (χ4v) is 5.08. The van der Waals surface area contributed by atoms with Crippen molar-refractivity contribution in [3.8, 4) is 0 Å². The molecule has 1 amide bonds. The molecule has 1 aliphatic heterocycles. The molecule has 0 aliphatic carbocycles. The average Bonchev–Trinajstić information content (AvgIpc) is 3.36. The van der Waals surface area contributed by atoms with Crippen LogP contribution in [0.3, 0.4) is 0 Å². The van der Waals surface area contributed by atoms with E-state index in [4.69, 9.17) is 0 Å². The number of carbonyl (C=O) groups excluding carboxylic acids is 1. The number of anilines is 1. The van der Waals surface area contributed by atoms with Crippen LogP contribution in [0.25, 0.3) is 10.2 Å². The van der Waals surface area contributed by atoms with Crippen molar-refractivity contribution in [3.05, 3.63) is 57.0 Å². The van der Waals surface area contributed by atoms with E-state index in [-0.39, 0.29) is 17.9 Å². The maximum absolute atomic E-state index is 12.8. The lowest BCUT2D eigenvalue weighted by Gasteiger charge is -2.24. The lowest BCUT2D eigenvalue weighted by molar-refractivity contribution is -0.130. The minimum absolute atomic E-state index is 0.0245. The third-order valence-corrected chi connectivity index (χ3v) is 7.11. The van der Waals surface area contributed by atoms with Gasteiger partial charge in [0.1, 0.15) is 4.83 Å². The summed E-state index contributed by atoms with van der Waals surface area (Å²) in [6.07, 6.45) is 4.28. The van der Waals surface area contributed by atoms with Crippen LogP contribution in [0.2, 0.25) is 0 Å². The Bertz CT molecular complexity index is 1130. The second kappa shape index (κ2) is 8.60. The first-order valence-corrected chi connectivity index (χ1v) is 11.3. The van der Waals surface area contributed by atoms with Gasteiger partial charge in [0.25, 0.3) is 5.56 Å². The Balaban J connectivity index is 1.44. The standard InChI is InChI=1S/C23H28N4O2S/c1-16-17(2)30-22-21(16)23(29)27(15-24-22)13-10-20(28)25(3)14-18-8-4-5-9-19(18)26-11-6-7-12-26/h4-5,8-9,15H,6-7,10-14H2,1-3H3. The summed E-state index contributed by atoms with van der Waals surface area (Å²) in [5.41, 5.74) is 3.32. The van der Waals surface area contributed by atoms with Gasteiger partial charge in [-0.2, -0.15) is 0 Å². The number of aryl methyl sites for hydroxylation is 3. The largest absolute Gasteiger partial charge is 0.371 e. The Hall–Kier alpha value is -2.67. The van der Waals surface area contributed by atoms with Crippen molar-refractivity contribution >= 4 is 33.1 Å². The molecule has 3 heterocycles. The van der Waals surface area contributed by atoms with Crippen LogP contribution in [0.5, 0.6) is 0 Å². The van der Waals surface area contributed by atoms with Gasteiger partial charge in [-0.25, -0.2) is 4.98 Å². The van der Waals surface area contributed by atoms with E-state index >= 15 is 0 Å². The van der Waals surface area contributed by atoms with Crippen molar-refractivity contribution in [1.82, 2.24) is 14.5 Å². The predicted octanol–water partition coefficient (Wildman–Crippen LogP) is 3.72. The molecular formula is C23H28N4O2S. The van der Waals surface area contributed by atoms with E-state index in [1.165, 1.54) is 24.1 Å². The molecule has 30 heavy (non-hydrogen) atoms. The molecule has 0 bridgehead atoms. The number of carbonyl (C=O) groups is 1. The van der Waals surface area contributed by atoms with Crippen molar-refractivity contribution in [2.45, 2.75) is 46.2 Å². The summed E-state index contributed by atoms with van der Waals surface area (Å²) in [7, 11) is 1.83. The maximum atomic E-state index is 12.8. The molecule has 158 valence electrons. The summed E-state index contributed by atoms with van der Waals surface area (Å²) >= 11 is 1.54. The lowest BCUT2D eigenvalue weighted by Crippen LogP contribution is -2.30. The number of para-hydroxylation sites is 1. The van der Waals surface area contributed by atoms with Crippen LogP contribution >= 0.6 is 11.3 Å². The molecule has 1 aliphatic rings. The highest BCUT2D eigenvalue weighted by Gasteiger charge is 2.18. The summed E-state index contributed by atoms with van der Waals surface area (Å²) in [5.74, 6) is 0.0245. The monoisotopic (exact) mass is 424 g/mol. The number of nitrogens with zero attached hydrogens (tertiary/aromatic N) is 4. The van der Waals surface area contributed by atoms with E-state index in [2.05, 4.69) is 28.1 Å². The van der Waals surface area contributed by atoms with E-state index in [0.717, 1.165) is 28.4 Å². The zero-order valence-corrected chi connectivity index (χ0v) is 18.7. The van der Waals surface area contributed by atoms with Gasteiger partial charge in [-0.3, -0.25) is 14.2 Å². The van der Waals surface area contributed by atoms with Gasteiger partial charge < -0.3 is 9.80 Å². The quantitative estimate of drug-likeness (QED) is 0.605. The number of aromatic nitrogens is 2. The molecule has 3 aromatic rings. The van der Waals surface area contributed by atoms with Crippen molar-refractivity contribution in [3.63, 3.8) is 0 Å². The molecule has 1 saturated heterocycles. The molecule has 2 aromatic heterocycles. The number of hydrogen-bond donors (Lipinski definition) is 0. The fourth-order valence-electron chi connectivity index (χ4n) is 4.09. The van der Waals surface area contributed by atoms with E-state index in [1.807, 2.05) is 27.0 Å². The smallest absolute Gasteiger partial charge is 0.262 e. The maximum Gasteiger partial charge on any atom is 0.262 e. The highest BCUT2D eigenvalue weighted by atomic mass is 32.1. The lowest BCUT2D eigenvalue weighted by atomic mass is 10.1. The summed E-state index contributed by atoms with van der Waals surface area (Å²) in [4.78, 5) is 36.1. The molecule has 0 unspecified atom stereocenters. The van der Waals surface area contributed by atoms with Crippen molar-refractivity contribution in [2.24, 2.45) is 0 Å². The van der Waals surface area contributed by atoms with Crippen molar-refractivity contribution in [2.75, 3.05) is 25.0 Å². The number of rotatable bonds is 6. The zero-order valence-electron chi connectivity index (χ0n) is 17.9. The van der Waals surface area contributed by atoms with Gasteiger partial charge >= 0.3 is 0 Å². The van der Waals surface area contributed by atoms with E-state index in [1.54, 1.807) is 27.1 Å². The molecule has 0 radical (unpaired) electrons. The molecule has 6 nitrogen and oxygen atoms in total. The van der Waals surface area contributed by atoms with Crippen LogP contribution < -0.4 is 10.5 Å². The Morgan fingerprint density at radius 2 is 1.93 bits per heavy atom. The molecular weight excluding hydrogens is 396 g/mol. The van der Waals surface area contributed by atoms with Crippen LogP contribution in [0.1, 0.15) is 35.3 Å². The molecule has 1 aromatic carbocycles. The van der Waals surface area contributed by atoms with Gasteiger partial charge in [-0.15, -0.1) is 11.3 Å². The van der Waals surface area contributed by atoms with Gasteiger partial charge in [-0.1, -0.05) is 18.2 Å². The summed E-state index contributed by atoms with van der Waals surface area (Å²) in [5, 5.41) is 0.681. The highest BCUT2D eigenvalue weighted by Crippen LogP contribution is 2.26. The number of amides is 1. The van der Waals surface area contributed by atoms with Crippen LogP contribution in [0.15, 0.2) is 35.4 Å². The van der Waals surface area contributed by atoms with Gasteiger partial charge in [-0.05, 0) is 43.9 Å². The van der Waals surface area contributed by atoms with E-state index < -0.39 is 0 Å². The fraction of sp³-hybridized carbons (Fsp3) is 0.435. The molecule has 7 heteroatoms. The van der Waals surface area contributed by atoms with Gasteiger partial charge in [0.05, 0.1) is 11.7 Å². The minimum Gasteiger partial charge on any atom is -0.371 e. The van der Waals surface area contributed by atoms with Crippen LogP contribution in [0, 0.1) is 13.8 Å². The van der Waals surface area contributed by atoms with Gasteiger partial charge in [0.15, 0.2) is 0 Å². The SMILES string of the molecule is Cc1sc2ncn(CCC(=O)N(C)Cc3ccccc3N3CCCC3)c(=O)c2c1C. The second-order valence-electron chi connectivity index (χ2n) is 8.03. The third kappa shape index (κ3) is 3.99. The van der Waals surface area contributed by atoms with Crippen LogP contribution in [-0.4, -0.2) is 40.5 Å². The predicted molar refractivity (Wildman–Crippen MR) is 122 cm³/mol. The summed E-state index contributed by atoms with van der Waals surface area (Å²) < 4.78 is 1.56. The van der Waals surface area contributed by atoms with E-state index in [0.29, 0.717) is 18.5 Å². The topological polar surface area (TPSA) is 58.4 Å². The Morgan fingerprint density at radius 3 is 2.70 bits per heavy atom. The van der Waals surface area contributed by atoms with Gasteiger partial charge in [0.2, 0.25) is 5.91 Å². The first kappa shape index (κ1) is 20.6. The van der Waals surface area contributed by atoms with Crippen LogP contribution in [-0.2, 0) is 17.9 Å². The Morgan fingerprint density at radius 1 is 1.20 bits per heavy atom. The molecule has 0 spiro atoms. The Kier molecular flexibility index (Phi) is 5.90. The molecule has 1 fully saturated rings. The first-order valence-electron chi connectivity index (χ1n) is 10.5. The third-order valence-electron chi connectivity index (χ3n) is 5.99. The zero-order chi connectivity index (χ0) is 21.3. The molecule has 0 N–H and O–H groups in total. The first-order chi connectivity index (χ1) is 14.5. The average molecular weight is 425 g/mol. The van der Waals surface area contributed by atoms with Gasteiger partial charge in [0, 0.05) is 50.2 Å². The highest BCUT2D eigenvalue weighted by molar-refractivity contribution is 7.18. The summed E-state index contributed by atoms with van der Waals surface area (Å²) in [6.45, 7) is 7.03. The van der Waals surface area contributed by atoms with E-state index in [9.17, 15) is 9.59 Å². The molecule has 4 rings (SSSR count). The Labute approximate surface area is 180 Å². The number of benzene rings is 1. The van der Waals surface area contributed by atoms with Crippen molar-refractivity contribution < 1.29 is 4.79 Å². The summed E-state index contributed by atoms with van der Waals surface area (Å²) in [6, 6.07) is 8.33. The second-order valence-corrected chi connectivity index (χ2v) is 9.23. The van der Waals surface area contributed by atoms with Crippen LogP contribution in [0.4, 0.5) is 5.69 Å². The normalized spacial score (nSPS) is 13.9.